The van der Waals surface area contributed by atoms with Crippen molar-refractivity contribution < 1.29 is 14.1 Å². The maximum atomic E-state index is 12.7. The van der Waals surface area contributed by atoms with Gasteiger partial charge in [-0.2, -0.15) is 0 Å². The lowest BCUT2D eigenvalue weighted by molar-refractivity contribution is 0.100. The number of aryl methyl sites for hydroxylation is 5. The summed E-state index contributed by atoms with van der Waals surface area (Å²) in [5.74, 6) is -0.531. The minimum absolute atomic E-state index is 0.320. The van der Waals surface area contributed by atoms with Crippen LogP contribution in [0.25, 0.3) is 11.1 Å². The fraction of sp³-hybridized carbons (Fsp3) is 0.250. The van der Waals surface area contributed by atoms with Gasteiger partial charge in [0.25, 0.3) is 11.8 Å². The third kappa shape index (κ3) is 3.38. The van der Waals surface area contributed by atoms with E-state index in [-0.39, 0.29) is 5.91 Å². The quantitative estimate of drug-likeness (QED) is 0.702. The van der Waals surface area contributed by atoms with Crippen molar-refractivity contribution in [2.75, 3.05) is 5.32 Å². The van der Waals surface area contributed by atoms with E-state index in [9.17, 15) is 9.59 Å². The van der Waals surface area contributed by atoms with E-state index < -0.39 is 5.91 Å². The van der Waals surface area contributed by atoms with Gasteiger partial charge in [0.05, 0.1) is 11.3 Å². The SMILES string of the molecule is Cc1ccc(-c2c(C)sc(NC(=O)c3c(C)noc3C)c2C(N)=O)cc1C. The number of primary amides is 1. The Labute approximate surface area is 161 Å². The highest BCUT2D eigenvalue weighted by molar-refractivity contribution is 7.17. The van der Waals surface area contributed by atoms with E-state index in [0.717, 1.165) is 21.6 Å². The number of carbonyl (C=O) groups is 2. The summed E-state index contributed by atoms with van der Waals surface area (Å²) in [4.78, 5) is 25.8. The van der Waals surface area contributed by atoms with Gasteiger partial charge in [-0.05, 0) is 51.3 Å². The largest absolute Gasteiger partial charge is 0.365 e. The molecule has 1 aromatic carbocycles. The molecule has 0 aliphatic carbocycles. The summed E-state index contributed by atoms with van der Waals surface area (Å²) in [7, 11) is 0. The molecule has 0 radical (unpaired) electrons. The molecule has 2 amide bonds. The number of aromatic nitrogens is 1. The molecule has 0 bridgehead atoms. The summed E-state index contributed by atoms with van der Waals surface area (Å²) in [5, 5.41) is 7.04. The van der Waals surface area contributed by atoms with Crippen molar-refractivity contribution >= 4 is 28.2 Å². The van der Waals surface area contributed by atoms with Gasteiger partial charge in [-0.3, -0.25) is 9.59 Å². The maximum Gasteiger partial charge on any atom is 0.261 e. The number of benzene rings is 1. The molecule has 0 aliphatic rings. The van der Waals surface area contributed by atoms with Gasteiger partial charge in [-0.1, -0.05) is 23.4 Å². The van der Waals surface area contributed by atoms with Crippen LogP contribution in [0.5, 0.6) is 0 Å². The number of amides is 2. The molecule has 0 atom stereocenters. The number of anilines is 1. The highest BCUT2D eigenvalue weighted by Crippen LogP contribution is 2.40. The molecule has 3 N–H and O–H groups in total. The smallest absolute Gasteiger partial charge is 0.261 e. The van der Waals surface area contributed by atoms with Crippen LogP contribution < -0.4 is 11.1 Å². The zero-order valence-corrected chi connectivity index (χ0v) is 16.7. The van der Waals surface area contributed by atoms with Crippen LogP contribution in [-0.4, -0.2) is 17.0 Å². The first-order valence-electron chi connectivity index (χ1n) is 8.45. The molecule has 0 unspecified atom stereocenters. The van der Waals surface area contributed by atoms with Crippen molar-refractivity contribution in [1.82, 2.24) is 5.16 Å². The second-order valence-electron chi connectivity index (χ2n) is 6.55. The molecule has 3 aromatic rings. The molecule has 7 heteroatoms. The zero-order chi connectivity index (χ0) is 19.9. The standard InChI is InChI=1S/C20H21N3O3S/c1-9-6-7-14(8-10(9)2)16-13(5)27-20(17(16)18(21)24)22-19(25)15-11(3)23-26-12(15)4/h6-8H,1-5H3,(H2,21,24)(H,22,25). The number of rotatable bonds is 4. The van der Waals surface area contributed by atoms with E-state index >= 15 is 0 Å². The van der Waals surface area contributed by atoms with E-state index in [1.807, 2.05) is 39.0 Å². The number of carbonyl (C=O) groups excluding carboxylic acids is 2. The third-order valence-corrected chi connectivity index (χ3v) is 5.63. The van der Waals surface area contributed by atoms with Crippen LogP contribution in [0.1, 0.15) is 48.2 Å². The highest BCUT2D eigenvalue weighted by atomic mass is 32.1. The number of hydrogen-bond acceptors (Lipinski definition) is 5. The molecule has 2 aromatic heterocycles. The molecule has 140 valence electrons. The molecule has 0 spiro atoms. The predicted octanol–water partition coefficient (Wildman–Crippen LogP) is 4.30. The van der Waals surface area contributed by atoms with Crippen molar-refractivity contribution in [3.8, 4) is 11.1 Å². The lowest BCUT2D eigenvalue weighted by Gasteiger charge is -2.09. The van der Waals surface area contributed by atoms with Crippen LogP contribution in [0.2, 0.25) is 0 Å². The van der Waals surface area contributed by atoms with E-state index in [1.165, 1.54) is 16.9 Å². The molecule has 3 rings (SSSR count). The number of hydrogen-bond donors (Lipinski definition) is 2. The molecule has 0 aliphatic heterocycles. The molecule has 6 nitrogen and oxygen atoms in total. The van der Waals surface area contributed by atoms with Crippen molar-refractivity contribution in [2.45, 2.75) is 34.6 Å². The number of nitrogens with two attached hydrogens (primary N) is 1. The minimum atomic E-state index is -0.582. The van der Waals surface area contributed by atoms with Crippen molar-refractivity contribution in [3.05, 3.63) is 56.8 Å². The Hall–Kier alpha value is -2.93. The van der Waals surface area contributed by atoms with Crippen LogP contribution in [0.4, 0.5) is 5.00 Å². The fourth-order valence-corrected chi connectivity index (χ4v) is 4.16. The molecule has 0 saturated carbocycles. The second-order valence-corrected chi connectivity index (χ2v) is 7.78. The van der Waals surface area contributed by atoms with E-state index in [4.69, 9.17) is 10.3 Å². The highest BCUT2D eigenvalue weighted by Gasteiger charge is 2.25. The van der Waals surface area contributed by atoms with Crippen molar-refractivity contribution in [2.24, 2.45) is 5.73 Å². The van der Waals surface area contributed by atoms with Crippen LogP contribution in [-0.2, 0) is 0 Å². The zero-order valence-electron chi connectivity index (χ0n) is 15.9. The first kappa shape index (κ1) is 18.8. The second kappa shape index (κ2) is 7.00. The number of thiophene rings is 1. The van der Waals surface area contributed by atoms with Gasteiger partial charge >= 0.3 is 0 Å². The Kier molecular flexibility index (Phi) is 4.89. The fourth-order valence-electron chi connectivity index (χ4n) is 3.09. The van der Waals surface area contributed by atoms with Gasteiger partial charge in [-0.25, -0.2) is 0 Å². The van der Waals surface area contributed by atoms with Gasteiger partial charge in [-0.15, -0.1) is 11.3 Å². The van der Waals surface area contributed by atoms with Crippen molar-refractivity contribution in [3.63, 3.8) is 0 Å². The summed E-state index contributed by atoms with van der Waals surface area (Å²) in [6, 6.07) is 6.00. The van der Waals surface area contributed by atoms with Gasteiger partial charge in [0.15, 0.2) is 0 Å². The van der Waals surface area contributed by atoms with E-state index in [1.54, 1.807) is 13.8 Å². The Balaban J connectivity index is 2.08. The Morgan fingerprint density at radius 3 is 2.33 bits per heavy atom. The number of nitrogens with one attached hydrogen (secondary N) is 1. The number of nitrogens with zero attached hydrogens (tertiary/aromatic N) is 1. The average Bonchev–Trinajstić information content (AvgIpc) is 3.09. The Bertz CT molecular complexity index is 1040. The third-order valence-electron chi connectivity index (χ3n) is 4.61. The molecular weight excluding hydrogens is 362 g/mol. The lowest BCUT2D eigenvalue weighted by atomic mass is 9.97. The summed E-state index contributed by atoms with van der Waals surface area (Å²) in [6.07, 6.45) is 0. The van der Waals surface area contributed by atoms with Crippen molar-refractivity contribution in [1.29, 1.82) is 0 Å². The van der Waals surface area contributed by atoms with Gasteiger partial charge in [0.1, 0.15) is 16.3 Å². The van der Waals surface area contributed by atoms with Crippen LogP contribution >= 0.6 is 11.3 Å². The molecule has 2 heterocycles. The van der Waals surface area contributed by atoms with Gasteiger partial charge in [0.2, 0.25) is 0 Å². The van der Waals surface area contributed by atoms with Crippen LogP contribution in [0, 0.1) is 34.6 Å². The predicted molar refractivity (Wildman–Crippen MR) is 106 cm³/mol. The first-order valence-corrected chi connectivity index (χ1v) is 9.27. The summed E-state index contributed by atoms with van der Waals surface area (Å²) < 4.78 is 5.06. The normalized spacial score (nSPS) is 10.9. The molecule has 0 saturated heterocycles. The molecular formula is C20H21N3O3S. The summed E-state index contributed by atoms with van der Waals surface area (Å²) in [6.45, 7) is 9.33. The average molecular weight is 383 g/mol. The monoisotopic (exact) mass is 383 g/mol. The van der Waals surface area contributed by atoms with Gasteiger partial charge < -0.3 is 15.6 Å². The summed E-state index contributed by atoms with van der Waals surface area (Å²) >= 11 is 1.33. The molecule has 27 heavy (non-hydrogen) atoms. The topological polar surface area (TPSA) is 98.2 Å². The Morgan fingerprint density at radius 1 is 1.07 bits per heavy atom. The first-order chi connectivity index (χ1) is 12.7. The summed E-state index contributed by atoms with van der Waals surface area (Å²) in [5.41, 5.74) is 10.8. The Morgan fingerprint density at radius 2 is 1.78 bits per heavy atom. The van der Waals surface area contributed by atoms with E-state index in [0.29, 0.717) is 27.6 Å². The molecule has 0 fully saturated rings. The minimum Gasteiger partial charge on any atom is -0.365 e. The van der Waals surface area contributed by atoms with Crippen LogP contribution in [0.15, 0.2) is 22.7 Å². The van der Waals surface area contributed by atoms with Gasteiger partial charge in [0, 0.05) is 10.4 Å². The maximum absolute atomic E-state index is 12.7. The van der Waals surface area contributed by atoms with Crippen LogP contribution in [0.3, 0.4) is 0 Å². The van der Waals surface area contributed by atoms with E-state index in [2.05, 4.69) is 10.5 Å². The lowest BCUT2D eigenvalue weighted by Crippen LogP contribution is -2.18.